The van der Waals surface area contributed by atoms with Crippen LogP contribution in [0.25, 0.3) is 0 Å². The van der Waals surface area contributed by atoms with Crippen LogP contribution in [0.3, 0.4) is 0 Å². The van der Waals surface area contributed by atoms with Crippen molar-refractivity contribution in [3.05, 3.63) is 16.4 Å². The zero-order valence-electron chi connectivity index (χ0n) is 10.1. The molecule has 0 aliphatic carbocycles. The number of hydrogen-bond donors (Lipinski definition) is 2. The Morgan fingerprint density at radius 1 is 1.50 bits per heavy atom. The van der Waals surface area contributed by atoms with Crippen LogP contribution in [-0.4, -0.2) is 34.3 Å². The molecule has 1 aliphatic heterocycles. The Morgan fingerprint density at radius 2 is 2.19 bits per heavy atom. The Morgan fingerprint density at radius 3 is 2.75 bits per heavy atom. The van der Waals surface area contributed by atoms with Gasteiger partial charge in [-0.3, -0.25) is 14.6 Å². The lowest BCUT2D eigenvalue weighted by Crippen LogP contribution is -2.44. The van der Waals surface area contributed by atoms with Crippen molar-refractivity contribution in [1.29, 1.82) is 0 Å². The van der Waals surface area contributed by atoms with Crippen molar-refractivity contribution >= 4 is 5.82 Å². The average Bonchev–Trinajstić information content (AvgIpc) is 2.51. The van der Waals surface area contributed by atoms with E-state index >= 15 is 0 Å². The second-order valence-corrected chi connectivity index (χ2v) is 4.98. The van der Waals surface area contributed by atoms with Gasteiger partial charge in [0.05, 0.1) is 6.04 Å². The molecule has 1 aliphatic rings. The Labute approximate surface area is 95.2 Å². The molecule has 16 heavy (non-hydrogen) atoms. The lowest BCUT2D eigenvalue weighted by molar-refractivity contribution is 0.102. The van der Waals surface area contributed by atoms with Gasteiger partial charge in [0, 0.05) is 18.7 Å². The highest BCUT2D eigenvalue weighted by molar-refractivity contribution is 5.27. The third-order valence-corrected chi connectivity index (χ3v) is 3.69. The molecule has 0 amide bonds. The Kier molecular flexibility index (Phi) is 2.80. The Hall–Kier alpha value is -1.23. The number of nitrogens with one attached hydrogen (secondary N) is 1. The topological polar surface area (TPSA) is 67.0 Å². The molecule has 1 saturated heterocycles. The third kappa shape index (κ3) is 1.87. The number of hydrogen-bond acceptors (Lipinski definition) is 3. The fraction of sp³-hybridized carbons (Fsp3) is 0.727. The third-order valence-electron chi connectivity index (χ3n) is 3.69. The molecule has 0 unspecified atom stereocenters. The minimum Gasteiger partial charge on any atom is -0.384 e. The first-order valence-electron chi connectivity index (χ1n) is 5.76. The van der Waals surface area contributed by atoms with Crippen LogP contribution in [0.1, 0.15) is 26.3 Å². The number of H-pyrrole nitrogens is 1. The summed E-state index contributed by atoms with van der Waals surface area (Å²) in [6.45, 7) is 5.44. The normalized spacial score (nSPS) is 31.8. The Balaban J connectivity index is 2.27. The maximum Gasteiger partial charge on any atom is 0.266 e. The molecule has 0 aromatic carbocycles. The molecule has 1 aromatic rings. The van der Waals surface area contributed by atoms with Gasteiger partial charge < -0.3 is 10.6 Å². The molecule has 0 spiro atoms. The lowest BCUT2D eigenvalue weighted by Gasteiger charge is -2.40. The number of rotatable bonds is 1. The van der Waals surface area contributed by atoms with Crippen LogP contribution >= 0.6 is 0 Å². The smallest absolute Gasteiger partial charge is 0.266 e. The molecule has 0 radical (unpaired) electrons. The van der Waals surface area contributed by atoms with Crippen molar-refractivity contribution in [2.75, 3.05) is 19.3 Å². The number of piperidine rings is 1. The number of nitrogen functional groups attached to an aromatic ring is 1. The molecule has 1 fully saturated rings. The van der Waals surface area contributed by atoms with Gasteiger partial charge in [-0.25, -0.2) is 0 Å². The van der Waals surface area contributed by atoms with Crippen LogP contribution in [0, 0.1) is 5.92 Å². The van der Waals surface area contributed by atoms with E-state index in [4.69, 9.17) is 5.73 Å². The zero-order chi connectivity index (χ0) is 11.9. The van der Waals surface area contributed by atoms with E-state index in [0.29, 0.717) is 23.8 Å². The van der Waals surface area contributed by atoms with E-state index in [1.807, 2.05) is 4.68 Å². The van der Waals surface area contributed by atoms with Gasteiger partial charge in [0.1, 0.15) is 5.82 Å². The quantitative estimate of drug-likeness (QED) is 0.736. The van der Waals surface area contributed by atoms with E-state index in [1.54, 1.807) is 0 Å². The van der Waals surface area contributed by atoms with E-state index in [9.17, 15) is 4.79 Å². The molecule has 2 heterocycles. The van der Waals surface area contributed by atoms with Crippen molar-refractivity contribution in [2.45, 2.75) is 32.4 Å². The molecule has 0 saturated carbocycles. The van der Waals surface area contributed by atoms with Gasteiger partial charge in [0.25, 0.3) is 5.56 Å². The molecule has 2 rings (SSSR count). The van der Waals surface area contributed by atoms with Crippen LogP contribution in [0.5, 0.6) is 0 Å². The summed E-state index contributed by atoms with van der Waals surface area (Å²) in [5.74, 6) is 1.03. The highest BCUT2D eigenvalue weighted by Gasteiger charge is 2.31. The molecule has 3 N–H and O–H groups in total. The summed E-state index contributed by atoms with van der Waals surface area (Å²) in [5, 5.41) is 2.80. The second kappa shape index (κ2) is 3.97. The van der Waals surface area contributed by atoms with Crippen molar-refractivity contribution in [3.8, 4) is 0 Å². The maximum absolute atomic E-state index is 11.2. The second-order valence-electron chi connectivity index (χ2n) is 4.98. The molecule has 1 aromatic heterocycles. The summed E-state index contributed by atoms with van der Waals surface area (Å²) in [7, 11) is 2.14. The number of aromatic amines is 1. The standard InChI is InChI=1S/C11H20N4O/c1-7-6-14(3)8(2)4-9(7)15-10(12)5-11(16)13-15/h5,7-9H,4,6,12H2,1-3H3,(H,13,16)/t7-,8+,9-/m0/s1. The maximum atomic E-state index is 11.2. The van der Waals surface area contributed by atoms with Crippen LogP contribution in [-0.2, 0) is 0 Å². The average molecular weight is 224 g/mol. The summed E-state index contributed by atoms with van der Waals surface area (Å²) in [6.07, 6.45) is 1.02. The first-order valence-corrected chi connectivity index (χ1v) is 5.76. The molecule has 90 valence electrons. The number of anilines is 1. The summed E-state index contributed by atoms with van der Waals surface area (Å²) < 4.78 is 1.83. The molecule has 5 nitrogen and oxygen atoms in total. The molecular formula is C11H20N4O. The van der Waals surface area contributed by atoms with Gasteiger partial charge in [0.2, 0.25) is 0 Å². The van der Waals surface area contributed by atoms with Crippen molar-refractivity contribution in [3.63, 3.8) is 0 Å². The van der Waals surface area contributed by atoms with E-state index < -0.39 is 0 Å². The molecule has 3 atom stereocenters. The highest BCUT2D eigenvalue weighted by Crippen LogP contribution is 2.31. The predicted octanol–water partition coefficient (Wildman–Crippen LogP) is 0.660. The summed E-state index contributed by atoms with van der Waals surface area (Å²) in [4.78, 5) is 13.6. The van der Waals surface area contributed by atoms with E-state index in [-0.39, 0.29) is 5.56 Å². The van der Waals surface area contributed by atoms with E-state index in [0.717, 1.165) is 13.0 Å². The lowest BCUT2D eigenvalue weighted by atomic mass is 9.90. The summed E-state index contributed by atoms with van der Waals surface area (Å²) >= 11 is 0. The number of likely N-dealkylation sites (tertiary alicyclic amines) is 1. The van der Waals surface area contributed by atoms with Crippen LogP contribution in [0.2, 0.25) is 0 Å². The van der Waals surface area contributed by atoms with Crippen molar-refractivity contribution < 1.29 is 0 Å². The number of aromatic nitrogens is 2. The first kappa shape index (κ1) is 11.3. The number of nitrogens with zero attached hydrogens (tertiary/aromatic N) is 2. The monoisotopic (exact) mass is 224 g/mol. The van der Waals surface area contributed by atoms with Crippen molar-refractivity contribution in [1.82, 2.24) is 14.7 Å². The SMILES string of the molecule is C[C@@H]1C[C@H](n2[nH]c(=O)cc2N)[C@@H](C)CN1C. The zero-order valence-corrected chi connectivity index (χ0v) is 10.1. The minimum atomic E-state index is -0.115. The van der Waals surface area contributed by atoms with E-state index in [2.05, 4.69) is 30.9 Å². The Bertz CT molecular complexity index is 422. The summed E-state index contributed by atoms with van der Waals surface area (Å²) in [5.41, 5.74) is 5.72. The largest absolute Gasteiger partial charge is 0.384 e. The summed E-state index contributed by atoms with van der Waals surface area (Å²) in [6, 6.07) is 2.27. The minimum absolute atomic E-state index is 0.115. The molecule has 0 bridgehead atoms. The van der Waals surface area contributed by atoms with Crippen LogP contribution < -0.4 is 11.3 Å². The van der Waals surface area contributed by atoms with Gasteiger partial charge in [-0.05, 0) is 26.3 Å². The van der Waals surface area contributed by atoms with Gasteiger partial charge in [-0.15, -0.1) is 0 Å². The predicted molar refractivity (Wildman–Crippen MR) is 64.4 cm³/mol. The van der Waals surface area contributed by atoms with Gasteiger partial charge >= 0.3 is 0 Å². The van der Waals surface area contributed by atoms with Gasteiger partial charge in [-0.2, -0.15) is 0 Å². The fourth-order valence-electron chi connectivity index (χ4n) is 2.57. The van der Waals surface area contributed by atoms with Gasteiger partial charge in [0.15, 0.2) is 0 Å². The van der Waals surface area contributed by atoms with E-state index in [1.165, 1.54) is 6.07 Å². The molecular weight excluding hydrogens is 204 g/mol. The molecule has 5 heteroatoms. The highest BCUT2D eigenvalue weighted by atomic mass is 16.1. The van der Waals surface area contributed by atoms with Gasteiger partial charge in [-0.1, -0.05) is 6.92 Å². The van der Waals surface area contributed by atoms with Crippen LogP contribution in [0.15, 0.2) is 10.9 Å². The first-order chi connectivity index (χ1) is 7.49. The fourth-order valence-corrected chi connectivity index (χ4v) is 2.57. The van der Waals surface area contributed by atoms with Crippen molar-refractivity contribution in [2.24, 2.45) is 5.92 Å². The van der Waals surface area contributed by atoms with Crippen LogP contribution in [0.4, 0.5) is 5.82 Å². The number of nitrogens with two attached hydrogens (primary N) is 1.